The number of rotatable bonds is 4. The summed E-state index contributed by atoms with van der Waals surface area (Å²) in [4.78, 5) is 26.5. The second kappa shape index (κ2) is 6.19. The summed E-state index contributed by atoms with van der Waals surface area (Å²) in [6.45, 7) is 2.26. The number of H-pyrrole nitrogens is 1. The molecule has 1 saturated carbocycles. The standard InChI is InChI=1S/C18H19ClN4O2/c1-10-6-13(4-5-14(10)19)23-9-12(7-17(23)24)18(25)20-16-8-15(21-22-16)11-2-3-11/h4-6,8,11-12H,2-3,7,9H2,1H3,(H2,20,21,22,25). The number of amides is 2. The first-order valence-corrected chi connectivity index (χ1v) is 8.82. The normalized spacial score (nSPS) is 20.2. The van der Waals surface area contributed by atoms with E-state index < -0.39 is 0 Å². The maximum atomic E-state index is 12.5. The molecule has 2 N–H and O–H groups in total. The zero-order valence-electron chi connectivity index (χ0n) is 13.9. The van der Waals surface area contributed by atoms with E-state index in [9.17, 15) is 9.59 Å². The number of nitrogens with zero attached hydrogens (tertiary/aromatic N) is 2. The van der Waals surface area contributed by atoms with Gasteiger partial charge in [0, 0.05) is 41.4 Å². The van der Waals surface area contributed by atoms with Crippen molar-refractivity contribution in [2.75, 3.05) is 16.8 Å². The molecule has 1 aliphatic heterocycles. The molecular weight excluding hydrogens is 340 g/mol. The Balaban J connectivity index is 1.43. The van der Waals surface area contributed by atoms with E-state index in [2.05, 4.69) is 15.5 Å². The summed E-state index contributed by atoms with van der Waals surface area (Å²) in [6, 6.07) is 7.34. The minimum Gasteiger partial charge on any atom is -0.312 e. The average molecular weight is 359 g/mol. The second-order valence-corrected chi connectivity index (χ2v) is 7.22. The molecule has 1 aromatic carbocycles. The molecule has 2 aromatic rings. The lowest BCUT2D eigenvalue weighted by Crippen LogP contribution is -2.28. The van der Waals surface area contributed by atoms with Gasteiger partial charge in [0.1, 0.15) is 0 Å². The molecule has 2 aliphatic rings. The van der Waals surface area contributed by atoms with Gasteiger partial charge in [-0.05, 0) is 43.5 Å². The van der Waals surface area contributed by atoms with Crippen molar-refractivity contribution in [2.24, 2.45) is 5.92 Å². The summed E-state index contributed by atoms with van der Waals surface area (Å²) in [7, 11) is 0. The molecule has 0 spiro atoms. The number of hydrogen-bond donors (Lipinski definition) is 2. The third kappa shape index (κ3) is 3.26. The van der Waals surface area contributed by atoms with Crippen molar-refractivity contribution in [1.29, 1.82) is 0 Å². The van der Waals surface area contributed by atoms with E-state index >= 15 is 0 Å². The molecule has 6 nitrogen and oxygen atoms in total. The van der Waals surface area contributed by atoms with Crippen LogP contribution < -0.4 is 10.2 Å². The average Bonchev–Trinajstić information content (AvgIpc) is 3.21. The number of aryl methyl sites for hydroxylation is 1. The lowest BCUT2D eigenvalue weighted by atomic mass is 10.1. The Kier molecular flexibility index (Phi) is 4.00. The third-order valence-electron chi connectivity index (χ3n) is 4.82. The van der Waals surface area contributed by atoms with Crippen LogP contribution in [0.5, 0.6) is 0 Å². The molecule has 1 atom stereocenters. The van der Waals surface area contributed by atoms with Crippen LogP contribution in [0, 0.1) is 12.8 Å². The summed E-state index contributed by atoms with van der Waals surface area (Å²) in [6.07, 6.45) is 2.54. The fourth-order valence-electron chi connectivity index (χ4n) is 3.16. The Morgan fingerprint density at radius 1 is 1.36 bits per heavy atom. The number of hydrogen-bond acceptors (Lipinski definition) is 3. The number of halogens is 1. The lowest BCUT2D eigenvalue weighted by molar-refractivity contribution is -0.122. The second-order valence-electron chi connectivity index (χ2n) is 6.81. The van der Waals surface area contributed by atoms with Crippen LogP contribution in [-0.2, 0) is 9.59 Å². The highest BCUT2D eigenvalue weighted by molar-refractivity contribution is 6.31. The van der Waals surface area contributed by atoms with E-state index in [4.69, 9.17) is 11.6 Å². The van der Waals surface area contributed by atoms with Crippen molar-refractivity contribution in [3.63, 3.8) is 0 Å². The van der Waals surface area contributed by atoms with Crippen molar-refractivity contribution >= 4 is 34.9 Å². The largest absolute Gasteiger partial charge is 0.312 e. The number of anilines is 2. The van der Waals surface area contributed by atoms with Crippen molar-refractivity contribution in [2.45, 2.75) is 32.1 Å². The van der Waals surface area contributed by atoms with Gasteiger partial charge in [-0.25, -0.2) is 0 Å². The summed E-state index contributed by atoms with van der Waals surface area (Å²) in [5.41, 5.74) is 2.75. The van der Waals surface area contributed by atoms with Gasteiger partial charge in [0.2, 0.25) is 11.8 Å². The molecular formula is C18H19ClN4O2. The van der Waals surface area contributed by atoms with E-state index in [1.165, 1.54) is 12.8 Å². The molecule has 4 rings (SSSR count). The van der Waals surface area contributed by atoms with Gasteiger partial charge in [-0.1, -0.05) is 11.6 Å². The zero-order valence-corrected chi connectivity index (χ0v) is 14.6. The summed E-state index contributed by atoms with van der Waals surface area (Å²) >= 11 is 6.04. The predicted molar refractivity (Wildman–Crippen MR) is 95.8 cm³/mol. The van der Waals surface area contributed by atoms with Gasteiger partial charge in [0.15, 0.2) is 5.82 Å². The van der Waals surface area contributed by atoms with Gasteiger partial charge in [-0.3, -0.25) is 14.7 Å². The van der Waals surface area contributed by atoms with Crippen LogP contribution in [0.4, 0.5) is 11.5 Å². The van der Waals surface area contributed by atoms with Gasteiger partial charge < -0.3 is 10.2 Å². The van der Waals surface area contributed by atoms with Crippen LogP contribution in [0.15, 0.2) is 24.3 Å². The Hall–Kier alpha value is -2.34. The van der Waals surface area contributed by atoms with Gasteiger partial charge in [-0.15, -0.1) is 0 Å². The molecule has 1 saturated heterocycles. The number of aromatic amines is 1. The highest BCUT2D eigenvalue weighted by atomic mass is 35.5. The van der Waals surface area contributed by atoms with E-state index in [0.29, 0.717) is 23.3 Å². The molecule has 0 radical (unpaired) electrons. The molecule has 1 aromatic heterocycles. The number of nitrogens with one attached hydrogen (secondary N) is 2. The SMILES string of the molecule is Cc1cc(N2CC(C(=O)Nc3cc(C4CC4)[nH]n3)CC2=O)ccc1Cl. The number of aromatic nitrogens is 2. The Bertz CT molecular complexity index is 843. The van der Waals surface area contributed by atoms with Gasteiger partial charge in [-0.2, -0.15) is 5.10 Å². The number of benzene rings is 1. The molecule has 2 fully saturated rings. The van der Waals surface area contributed by atoms with Crippen molar-refractivity contribution in [3.05, 3.63) is 40.5 Å². The fourth-order valence-corrected chi connectivity index (χ4v) is 3.28. The van der Waals surface area contributed by atoms with Crippen LogP contribution in [0.25, 0.3) is 0 Å². The number of carbonyl (C=O) groups excluding carboxylic acids is 2. The minimum absolute atomic E-state index is 0.0532. The molecule has 0 bridgehead atoms. The van der Waals surface area contributed by atoms with E-state index in [-0.39, 0.29) is 24.2 Å². The molecule has 1 unspecified atom stereocenters. The van der Waals surface area contributed by atoms with Crippen LogP contribution in [0.1, 0.15) is 36.4 Å². The highest BCUT2D eigenvalue weighted by Crippen LogP contribution is 2.39. The molecule has 2 heterocycles. The Labute approximate surface area is 150 Å². The van der Waals surface area contributed by atoms with Crippen molar-refractivity contribution in [3.8, 4) is 0 Å². The summed E-state index contributed by atoms with van der Waals surface area (Å²) < 4.78 is 0. The van der Waals surface area contributed by atoms with Gasteiger partial charge >= 0.3 is 0 Å². The van der Waals surface area contributed by atoms with Crippen LogP contribution in [0.2, 0.25) is 5.02 Å². The van der Waals surface area contributed by atoms with Crippen LogP contribution >= 0.6 is 11.6 Å². The van der Waals surface area contributed by atoms with Crippen molar-refractivity contribution in [1.82, 2.24) is 10.2 Å². The molecule has 1 aliphatic carbocycles. The van der Waals surface area contributed by atoms with Crippen LogP contribution in [-0.4, -0.2) is 28.6 Å². The smallest absolute Gasteiger partial charge is 0.231 e. The maximum Gasteiger partial charge on any atom is 0.231 e. The highest BCUT2D eigenvalue weighted by Gasteiger charge is 2.35. The van der Waals surface area contributed by atoms with Crippen LogP contribution in [0.3, 0.4) is 0 Å². The molecule has 2 amide bonds. The minimum atomic E-state index is -0.385. The Morgan fingerprint density at radius 3 is 2.88 bits per heavy atom. The van der Waals surface area contributed by atoms with E-state index in [0.717, 1.165) is 16.9 Å². The summed E-state index contributed by atoms with van der Waals surface area (Å²) in [5.74, 6) is 0.470. The monoisotopic (exact) mass is 358 g/mol. The number of carbonyl (C=O) groups is 2. The first kappa shape index (κ1) is 16.1. The van der Waals surface area contributed by atoms with Crippen molar-refractivity contribution < 1.29 is 9.59 Å². The predicted octanol–water partition coefficient (Wildman–Crippen LogP) is 3.24. The molecule has 130 valence electrons. The first-order valence-electron chi connectivity index (χ1n) is 8.44. The quantitative estimate of drug-likeness (QED) is 0.880. The third-order valence-corrected chi connectivity index (χ3v) is 5.24. The van der Waals surface area contributed by atoms with Gasteiger partial charge in [0.05, 0.1) is 5.92 Å². The summed E-state index contributed by atoms with van der Waals surface area (Å²) in [5, 5.41) is 10.6. The fraction of sp³-hybridized carbons (Fsp3) is 0.389. The van der Waals surface area contributed by atoms with E-state index in [1.807, 2.05) is 25.1 Å². The molecule has 7 heteroatoms. The van der Waals surface area contributed by atoms with Gasteiger partial charge in [0.25, 0.3) is 0 Å². The zero-order chi connectivity index (χ0) is 17.6. The topological polar surface area (TPSA) is 78.1 Å². The molecule has 25 heavy (non-hydrogen) atoms. The first-order chi connectivity index (χ1) is 12.0. The Morgan fingerprint density at radius 2 is 2.16 bits per heavy atom. The maximum absolute atomic E-state index is 12.5. The lowest BCUT2D eigenvalue weighted by Gasteiger charge is -2.17. The van der Waals surface area contributed by atoms with E-state index in [1.54, 1.807) is 11.0 Å².